The molecule has 3 rings (SSSR count). The van der Waals surface area contributed by atoms with Gasteiger partial charge in [0.05, 0.1) is 5.92 Å². The van der Waals surface area contributed by atoms with Crippen molar-refractivity contribution < 1.29 is 19.1 Å². The van der Waals surface area contributed by atoms with Gasteiger partial charge in [-0.05, 0) is 19.1 Å². The highest BCUT2D eigenvalue weighted by atomic mass is 16.5. The maximum absolute atomic E-state index is 12.8. The summed E-state index contributed by atoms with van der Waals surface area (Å²) < 4.78 is 10.9. The fraction of sp³-hybridized carbons (Fsp3) is 0.222. The van der Waals surface area contributed by atoms with Crippen LogP contribution in [0.2, 0.25) is 0 Å². The van der Waals surface area contributed by atoms with Crippen molar-refractivity contribution in [2.75, 3.05) is 0 Å². The van der Waals surface area contributed by atoms with Crippen molar-refractivity contribution in [3.8, 4) is 11.5 Å². The van der Waals surface area contributed by atoms with Crippen LogP contribution in [0, 0.1) is 0 Å². The average Bonchev–Trinajstić information content (AvgIpc) is 2.51. The van der Waals surface area contributed by atoms with Gasteiger partial charge in [-0.1, -0.05) is 36.4 Å². The molecule has 22 heavy (non-hydrogen) atoms. The van der Waals surface area contributed by atoms with E-state index in [-0.39, 0.29) is 5.78 Å². The smallest absolute Gasteiger partial charge is 0.303 e. The molecule has 0 N–H and O–H groups in total. The van der Waals surface area contributed by atoms with E-state index in [1.54, 1.807) is 6.92 Å². The van der Waals surface area contributed by atoms with E-state index in [0.29, 0.717) is 11.5 Å². The Bertz CT molecular complexity index is 690. The molecule has 4 nitrogen and oxygen atoms in total. The minimum absolute atomic E-state index is 0.154. The zero-order valence-electron chi connectivity index (χ0n) is 12.4. The number of ether oxygens (including phenoxy) is 2. The minimum atomic E-state index is -0.804. The Morgan fingerprint density at radius 2 is 1.50 bits per heavy atom. The summed E-state index contributed by atoms with van der Waals surface area (Å²) in [5.41, 5.74) is 1.59. The SMILES string of the molecule is CC(=O)OC(C)C(=O)C1c2ccccc2Oc2ccccc21. The molecule has 1 unspecified atom stereocenters. The Morgan fingerprint density at radius 3 is 2.00 bits per heavy atom. The number of esters is 1. The van der Waals surface area contributed by atoms with E-state index >= 15 is 0 Å². The summed E-state index contributed by atoms with van der Waals surface area (Å²) in [4.78, 5) is 24.0. The third-order valence-electron chi connectivity index (χ3n) is 3.71. The average molecular weight is 296 g/mol. The predicted molar refractivity (Wildman–Crippen MR) is 81.0 cm³/mol. The first-order valence-electron chi connectivity index (χ1n) is 7.14. The van der Waals surface area contributed by atoms with Crippen LogP contribution in [0.3, 0.4) is 0 Å². The summed E-state index contributed by atoms with van der Waals surface area (Å²) in [6, 6.07) is 14.9. The van der Waals surface area contributed by atoms with Gasteiger partial charge in [0.25, 0.3) is 0 Å². The zero-order chi connectivity index (χ0) is 15.7. The van der Waals surface area contributed by atoms with Crippen molar-refractivity contribution in [1.82, 2.24) is 0 Å². The molecule has 0 saturated carbocycles. The van der Waals surface area contributed by atoms with Gasteiger partial charge in [-0.25, -0.2) is 0 Å². The van der Waals surface area contributed by atoms with Crippen molar-refractivity contribution in [3.05, 3.63) is 59.7 Å². The van der Waals surface area contributed by atoms with Gasteiger partial charge in [-0.15, -0.1) is 0 Å². The van der Waals surface area contributed by atoms with Gasteiger partial charge < -0.3 is 9.47 Å². The Morgan fingerprint density at radius 1 is 1.00 bits per heavy atom. The van der Waals surface area contributed by atoms with Crippen molar-refractivity contribution >= 4 is 11.8 Å². The topological polar surface area (TPSA) is 52.6 Å². The number of benzene rings is 2. The summed E-state index contributed by atoms with van der Waals surface area (Å²) in [6.45, 7) is 2.90. The van der Waals surface area contributed by atoms with Crippen LogP contribution in [-0.2, 0) is 14.3 Å². The Balaban J connectivity index is 2.06. The molecule has 112 valence electrons. The van der Waals surface area contributed by atoms with E-state index < -0.39 is 18.0 Å². The van der Waals surface area contributed by atoms with Crippen LogP contribution in [0.5, 0.6) is 11.5 Å². The lowest BCUT2D eigenvalue weighted by atomic mass is 9.83. The molecular formula is C18H16O4. The molecule has 0 saturated heterocycles. The van der Waals surface area contributed by atoms with E-state index in [9.17, 15) is 9.59 Å². The molecule has 1 aliphatic rings. The van der Waals surface area contributed by atoms with Crippen molar-refractivity contribution in [3.63, 3.8) is 0 Å². The van der Waals surface area contributed by atoms with Crippen LogP contribution in [0.25, 0.3) is 0 Å². The molecule has 0 radical (unpaired) electrons. The quantitative estimate of drug-likeness (QED) is 0.814. The maximum atomic E-state index is 12.8. The van der Waals surface area contributed by atoms with Gasteiger partial charge >= 0.3 is 5.97 Å². The van der Waals surface area contributed by atoms with Gasteiger partial charge in [0, 0.05) is 18.1 Å². The lowest BCUT2D eigenvalue weighted by Gasteiger charge is -2.28. The molecular weight excluding hydrogens is 280 g/mol. The van der Waals surface area contributed by atoms with Gasteiger partial charge in [0.1, 0.15) is 11.5 Å². The summed E-state index contributed by atoms with van der Waals surface area (Å²) >= 11 is 0. The fourth-order valence-corrected chi connectivity index (χ4v) is 2.76. The van der Waals surface area contributed by atoms with Gasteiger partial charge in [-0.2, -0.15) is 0 Å². The number of para-hydroxylation sites is 2. The van der Waals surface area contributed by atoms with Crippen LogP contribution in [0.4, 0.5) is 0 Å². The molecule has 4 heteroatoms. The van der Waals surface area contributed by atoms with E-state index in [4.69, 9.17) is 9.47 Å². The number of Topliss-reactive ketones (excluding diaryl/α,β-unsaturated/α-hetero) is 1. The largest absolute Gasteiger partial charge is 0.457 e. The molecule has 2 aromatic carbocycles. The zero-order valence-corrected chi connectivity index (χ0v) is 12.4. The molecule has 0 aliphatic carbocycles. The summed E-state index contributed by atoms with van der Waals surface area (Å²) in [7, 11) is 0. The second kappa shape index (κ2) is 5.64. The molecule has 0 fully saturated rings. The van der Waals surface area contributed by atoms with Crippen LogP contribution in [0.15, 0.2) is 48.5 Å². The fourth-order valence-electron chi connectivity index (χ4n) is 2.76. The molecule has 0 bridgehead atoms. The molecule has 1 atom stereocenters. The van der Waals surface area contributed by atoms with E-state index in [1.165, 1.54) is 6.92 Å². The molecule has 0 spiro atoms. The van der Waals surface area contributed by atoms with Crippen molar-refractivity contribution in [2.45, 2.75) is 25.9 Å². The van der Waals surface area contributed by atoms with E-state index in [0.717, 1.165) is 11.1 Å². The minimum Gasteiger partial charge on any atom is -0.457 e. The first-order valence-corrected chi connectivity index (χ1v) is 7.14. The summed E-state index contributed by atoms with van der Waals surface area (Å²) in [6.07, 6.45) is -0.804. The second-order valence-electron chi connectivity index (χ2n) is 5.26. The lowest BCUT2D eigenvalue weighted by Crippen LogP contribution is -2.30. The second-order valence-corrected chi connectivity index (χ2v) is 5.26. The molecule has 0 aromatic heterocycles. The highest BCUT2D eigenvalue weighted by molar-refractivity contribution is 5.95. The van der Waals surface area contributed by atoms with Crippen LogP contribution < -0.4 is 4.74 Å². The molecule has 2 aromatic rings. The number of hydrogen-bond donors (Lipinski definition) is 0. The number of carbonyl (C=O) groups is 2. The number of fused-ring (bicyclic) bond motifs is 2. The highest BCUT2D eigenvalue weighted by Gasteiger charge is 2.35. The van der Waals surface area contributed by atoms with E-state index in [2.05, 4.69) is 0 Å². The number of rotatable bonds is 3. The van der Waals surface area contributed by atoms with Crippen molar-refractivity contribution in [2.24, 2.45) is 0 Å². The Kier molecular flexibility index (Phi) is 3.67. The lowest BCUT2D eigenvalue weighted by molar-refractivity contribution is -0.152. The normalized spacial score (nSPS) is 14.3. The van der Waals surface area contributed by atoms with Gasteiger partial charge in [0.2, 0.25) is 0 Å². The number of ketones is 1. The van der Waals surface area contributed by atoms with Crippen LogP contribution in [0.1, 0.15) is 30.9 Å². The standard InChI is InChI=1S/C18H16O4/c1-11(21-12(2)19)18(20)17-13-7-3-5-9-15(13)22-16-10-6-4-8-14(16)17/h3-11,17H,1-2H3. The Labute approximate surface area is 128 Å². The first kappa shape index (κ1) is 14.3. The predicted octanol–water partition coefficient (Wildman–Crippen LogP) is 3.44. The highest BCUT2D eigenvalue weighted by Crippen LogP contribution is 2.44. The van der Waals surface area contributed by atoms with Crippen LogP contribution in [-0.4, -0.2) is 17.9 Å². The summed E-state index contributed by atoms with van der Waals surface area (Å²) in [5, 5.41) is 0. The first-order chi connectivity index (χ1) is 10.6. The molecule has 1 heterocycles. The summed E-state index contributed by atoms with van der Waals surface area (Å²) in [5.74, 6) is 0.215. The Hall–Kier alpha value is -2.62. The van der Waals surface area contributed by atoms with Crippen molar-refractivity contribution in [1.29, 1.82) is 0 Å². The maximum Gasteiger partial charge on any atom is 0.303 e. The molecule has 0 amide bonds. The number of hydrogen-bond acceptors (Lipinski definition) is 4. The number of carbonyl (C=O) groups excluding carboxylic acids is 2. The third-order valence-corrected chi connectivity index (χ3v) is 3.71. The van der Waals surface area contributed by atoms with Gasteiger partial charge in [-0.3, -0.25) is 9.59 Å². The van der Waals surface area contributed by atoms with E-state index in [1.807, 2.05) is 48.5 Å². The molecule has 1 aliphatic heterocycles. The monoisotopic (exact) mass is 296 g/mol. The van der Waals surface area contributed by atoms with Crippen LogP contribution >= 0.6 is 0 Å². The van der Waals surface area contributed by atoms with Gasteiger partial charge in [0.15, 0.2) is 11.9 Å². The third kappa shape index (κ3) is 2.48.